The highest BCUT2D eigenvalue weighted by atomic mass is 32.1. The zero-order valence-electron chi connectivity index (χ0n) is 10.9. The summed E-state index contributed by atoms with van der Waals surface area (Å²) < 4.78 is 0. The largest absolute Gasteiger partial charge is 0.481 e. The highest BCUT2D eigenvalue weighted by Crippen LogP contribution is 2.27. The lowest BCUT2D eigenvalue weighted by atomic mass is 10.1. The number of rotatable bonds is 5. The van der Waals surface area contributed by atoms with Crippen molar-refractivity contribution in [3.63, 3.8) is 0 Å². The van der Waals surface area contributed by atoms with Gasteiger partial charge in [0.15, 0.2) is 0 Å². The summed E-state index contributed by atoms with van der Waals surface area (Å²) in [5.41, 5.74) is 1.20. The number of hydrogen-bond acceptors (Lipinski definition) is 4. The molecule has 0 bridgehead atoms. The Bertz CT molecular complexity index is 419. The number of likely N-dealkylation sites (N-methyl/N-ethyl adjacent to an activating group) is 1. The molecule has 1 fully saturated rings. The van der Waals surface area contributed by atoms with Crippen molar-refractivity contribution in [3.05, 3.63) is 16.1 Å². The summed E-state index contributed by atoms with van der Waals surface area (Å²) in [6.45, 7) is 3.99. The highest BCUT2D eigenvalue weighted by molar-refractivity contribution is 7.09. The molecule has 18 heavy (non-hydrogen) atoms. The van der Waals surface area contributed by atoms with Crippen LogP contribution in [0.25, 0.3) is 0 Å². The van der Waals surface area contributed by atoms with E-state index in [0.717, 1.165) is 24.5 Å². The number of thiazole rings is 1. The van der Waals surface area contributed by atoms with Gasteiger partial charge in [0.2, 0.25) is 0 Å². The summed E-state index contributed by atoms with van der Waals surface area (Å²) in [4.78, 5) is 17.7. The molecule has 0 aromatic carbocycles. The highest BCUT2D eigenvalue weighted by Gasteiger charge is 2.23. The van der Waals surface area contributed by atoms with E-state index in [1.165, 1.54) is 12.1 Å². The third-order valence-electron chi connectivity index (χ3n) is 3.59. The van der Waals surface area contributed by atoms with Crippen LogP contribution in [-0.4, -0.2) is 41.1 Å². The van der Waals surface area contributed by atoms with Crippen LogP contribution in [0.15, 0.2) is 5.38 Å². The number of carboxylic acid groups (broad SMARTS) is 1. The molecule has 1 aromatic rings. The van der Waals surface area contributed by atoms with Gasteiger partial charge in [0.25, 0.3) is 0 Å². The number of likely N-dealkylation sites (tertiary alicyclic amines) is 1. The summed E-state index contributed by atoms with van der Waals surface area (Å²) >= 11 is 1.67. The van der Waals surface area contributed by atoms with Gasteiger partial charge in [-0.15, -0.1) is 11.3 Å². The molecule has 2 rings (SSSR count). The minimum absolute atomic E-state index is 0.282. The first-order valence-corrected chi connectivity index (χ1v) is 7.30. The zero-order chi connectivity index (χ0) is 13.1. The molecule has 1 saturated heterocycles. The molecular formula is C13H20N2O2S. The molecule has 1 aliphatic heterocycles. The minimum atomic E-state index is -0.718. The standard InChI is InChI=1S/C13H20N2O2S/c1-9(13(16)17)3-4-12-14-11(8-18-12)10-5-6-15(2)7-10/h8-10H,3-7H2,1-2H3,(H,16,17). The topological polar surface area (TPSA) is 53.4 Å². The Morgan fingerprint density at radius 1 is 1.72 bits per heavy atom. The molecule has 5 heteroatoms. The van der Waals surface area contributed by atoms with Crippen LogP contribution < -0.4 is 0 Å². The molecule has 0 saturated carbocycles. The lowest BCUT2D eigenvalue weighted by Crippen LogP contribution is -2.13. The van der Waals surface area contributed by atoms with Crippen LogP contribution in [0.4, 0.5) is 0 Å². The van der Waals surface area contributed by atoms with Gasteiger partial charge in [-0.3, -0.25) is 4.79 Å². The number of carboxylic acids is 1. The summed E-state index contributed by atoms with van der Waals surface area (Å²) in [7, 11) is 2.14. The average Bonchev–Trinajstić information content (AvgIpc) is 2.94. The molecule has 100 valence electrons. The van der Waals surface area contributed by atoms with Crippen molar-refractivity contribution >= 4 is 17.3 Å². The molecular weight excluding hydrogens is 248 g/mol. The maximum atomic E-state index is 10.7. The molecule has 0 aliphatic carbocycles. The predicted molar refractivity (Wildman–Crippen MR) is 72.1 cm³/mol. The molecule has 4 nitrogen and oxygen atoms in total. The monoisotopic (exact) mass is 268 g/mol. The van der Waals surface area contributed by atoms with Crippen LogP contribution in [0.5, 0.6) is 0 Å². The van der Waals surface area contributed by atoms with Crippen molar-refractivity contribution in [2.24, 2.45) is 5.92 Å². The van der Waals surface area contributed by atoms with E-state index in [1.807, 2.05) is 0 Å². The molecule has 2 unspecified atom stereocenters. The normalized spacial score (nSPS) is 22.2. The van der Waals surface area contributed by atoms with Crippen molar-refractivity contribution in [1.82, 2.24) is 9.88 Å². The maximum Gasteiger partial charge on any atom is 0.306 e. The Morgan fingerprint density at radius 3 is 3.11 bits per heavy atom. The van der Waals surface area contributed by atoms with Gasteiger partial charge in [-0.2, -0.15) is 0 Å². The van der Waals surface area contributed by atoms with Crippen molar-refractivity contribution in [2.75, 3.05) is 20.1 Å². The molecule has 0 amide bonds. The molecule has 1 aromatic heterocycles. The summed E-state index contributed by atoms with van der Waals surface area (Å²) in [5.74, 6) is -0.434. The molecule has 2 heterocycles. The molecule has 1 aliphatic rings. The van der Waals surface area contributed by atoms with Gasteiger partial charge in [0.1, 0.15) is 0 Å². The SMILES string of the molecule is CC(CCc1nc(C2CCN(C)C2)cs1)C(=O)O. The fourth-order valence-electron chi connectivity index (χ4n) is 2.27. The second kappa shape index (κ2) is 5.80. The van der Waals surface area contributed by atoms with Gasteiger partial charge < -0.3 is 10.0 Å². The van der Waals surface area contributed by atoms with E-state index in [2.05, 4.69) is 22.3 Å². The maximum absolute atomic E-state index is 10.7. The van der Waals surface area contributed by atoms with Gasteiger partial charge in [-0.05, 0) is 26.4 Å². The fourth-order valence-corrected chi connectivity index (χ4v) is 3.16. The van der Waals surface area contributed by atoms with Crippen molar-refractivity contribution in [1.29, 1.82) is 0 Å². The Morgan fingerprint density at radius 2 is 2.50 bits per heavy atom. The van der Waals surface area contributed by atoms with Crippen LogP contribution in [-0.2, 0) is 11.2 Å². The Kier molecular flexibility index (Phi) is 4.35. The van der Waals surface area contributed by atoms with Gasteiger partial charge >= 0.3 is 5.97 Å². The number of hydrogen-bond donors (Lipinski definition) is 1. The van der Waals surface area contributed by atoms with Crippen LogP contribution >= 0.6 is 11.3 Å². The number of nitrogens with zero attached hydrogens (tertiary/aromatic N) is 2. The Hall–Kier alpha value is -0.940. The van der Waals surface area contributed by atoms with Crippen LogP contribution in [0.1, 0.15) is 36.4 Å². The second-order valence-electron chi connectivity index (χ2n) is 5.19. The molecule has 1 N–H and O–H groups in total. The first-order valence-electron chi connectivity index (χ1n) is 6.42. The predicted octanol–water partition coefficient (Wildman–Crippen LogP) is 2.22. The molecule has 0 radical (unpaired) electrons. The van der Waals surface area contributed by atoms with E-state index in [1.54, 1.807) is 18.3 Å². The Balaban J connectivity index is 1.88. The van der Waals surface area contributed by atoms with Crippen molar-refractivity contribution < 1.29 is 9.90 Å². The number of carbonyl (C=O) groups is 1. The van der Waals surface area contributed by atoms with Gasteiger partial charge in [-0.25, -0.2) is 4.98 Å². The zero-order valence-corrected chi connectivity index (χ0v) is 11.7. The average molecular weight is 268 g/mol. The van der Waals surface area contributed by atoms with Crippen LogP contribution in [0.3, 0.4) is 0 Å². The van der Waals surface area contributed by atoms with E-state index in [4.69, 9.17) is 5.11 Å². The lowest BCUT2D eigenvalue weighted by molar-refractivity contribution is -0.141. The van der Waals surface area contributed by atoms with Crippen molar-refractivity contribution in [2.45, 2.75) is 32.1 Å². The van der Waals surface area contributed by atoms with Crippen LogP contribution in [0, 0.1) is 5.92 Å². The summed E-state index contributed by atoms with van der Waals surface area (Å²) in [5, 5.41) is 12.1. The van der Waals surface area contributed by atoms with E-state index < -0.39 is 5.97 Å². The lowest BCUT2D eigenvalue weighted by Gasteiger charge is -2.07. The minimum Gasteiger partial charge on any atom is -0.481 e. The summed E-state index contributed by atoms with van der Waals surface area (Å²) in [6, 6.07) is 0. The van der Waals surface area contributed by atoms with E-state index in [0.29, 0.717) is 12.3 Å². The number of aryl methyl sites for hydroxylation is 1. The molecule has 0 spiro atoms. The van der Waals surface area contributed by atoms with E-state index >= 15 is 0 Å². The smallest absolute Gasteiger partial charge is 0.306 e. The summed E-state index contributed by atoms with van der Waals surface area (Å²) in [6.07, 6.45) is 2.64. The third kappa shape index (κ3) is 3.29. The first-order chi connectivity index (χ1) is 8.56. The Labute approximate surface area is 112 Å². The first kappa shape index (κ1) is 13.5. The fraction of sp³-hybridized carbons (Fsp3) is 0.692. The van der Waals surface area contributed by atoms with Crippen molar-refractivity contribution in [3.8, 4) is 0 Å². The van der Waals surface area contributed by atoms with Gasteiger partial charge in [0.05, 0.1) is 16.6 Å². The second-order valence-corrected chi connectivity index (χ2v) is 6.13. The number of aliphatic carboxylic acids is 1. The number of aromatic nitrogens is 1. The third-order valence-corrected chi connectivity index (χ3v) is 4.52. The van der Waals surface area contributed by atoms with Gasteiger partial charge in [-0.1, -0.05) is 6.92 Å². The van der Waals surface area contributed by atoms with Gasteiger partial charge in [0, 0.05) is 24.3 Å². The van der Waals surface area contributed by atoms with Crippen LogP contribution in [0.2, 0.25) is 0 Å². The quantitative estimate of drug-likeness (QED) is 0.889. The van der Waals surface area contributed by atoms with E-state index in [9.17, 15) is 4.79 Å². The van der Waals surface area contributed by atoms with E-state index in [-0.39, 0.29) is 5.92 Å². The molecule has 2 atom stereocenters.